The van der Waals surface area contributed by atoms with Crippen LogP contribution in [0.4, 0.5) is 0 Å². The lowest BCUT2D eigenvalue weighted by atomic mass is 9.84. The van der Waals surface area contributed by atoms with Gasteiger partial charge in [-0.1, -0.05) is 570 Å². The van der Waals surface area contributed by atoms with Gasteiger partial charge in [0.25, 0.3) is 0 Å². The number of fused-ring (bicyclic) bond motifs is 8. The second kappa shape index (κ2) is 39.6. The van der Waals surface area contributed by atoms with E-state index in [1.165, 1.54) is 264 Å². The van der Waals surface area contributed by atoms with E-state index in [4.69, 9.17) is 0 Å². The van der Waals surface area contributed by atoms with E-state index in [0.29, 0.717) is 0 Å². The van der Waals surface area contributed by atoms with Crippen molar-refractivity contribution >= 4 is 86.2 Å². The Labute approximate surface area is 852 Å². The summed E-state index contributed by atoms with van der Waals surface area (Å²) in [5, 5.41) is 20.1. The number of rotatable bonds is 16. The molecule has 0 radical (unpaired) electrons. The van der Waals surface area contributed by atoms with Crippen molar-refractivity contribution in [2.24, 2.45) is 0 Å². The highest BCUT2D eigenvalue weighted by atomic mass is 14.3. The topological polar surface area (TPSA) is 0 Å². The Morgan fingerprint density at radius 2 is 0.233 bits per heavy atom. The fourth-order valence-corrected chi connectivity index (χ4v) is 22.0. The zero-order chi connectivity index (χ0) is 97.0. The molecule has 0 aliphatic heterocycles. The third-order valence-electron chi connectivity index (χ3n) is 29.3. The van der Waals surface area contributed by atoms with Crippen molar-refractivity contribution in [2.75, 3.05) is 0 Å². The van der Waals surface area contributed by atoms with Crippen LogP contribution in [0.5, 0.6) is 0 Å². The monoisotopic (exact) mass is 1850 g/mol. The molecule has 0 unspecified atom stereocenters. The molecule has 27 rings (SSSR count). The SMILES string of the molecule is c1ccc(-c2ccc(-c3c4ccccc4c(-c4ccc(-c5ccccc5)cc4)c4cc(-c5ccc6ccccc6c5)ccc34)cc2)cc1.c1ccc(-c2ccc(-c3c4ccccc4c(-c4ccc(-c5ccccc5)cc4)c4cc(-c5cccc6ccccc56)ccc34)cc2)cc1.c1ccc(-c2ccc(-c3ccc4c(-c5ccc(-c6ccccc6)cc5)c5ccccc5c(-c5ccc(-c6ccccc6)cc5)c4c3)cc2)cc1. The van der Waals surface area contributed by atoms with Gasteiger partial charge in [0.05, 0.1) is 0 Å². The standard InChI is InChI=1S/C50H34.2C48H32/c1-4-12-35(13-5-1)38-20-22-41(23-21-38)44-32-33-47-48(34-44)50(43-30-26-40(27-31-43)37-16-8-3-9-17-37)46-19-11-10-18-45(46)49(47)42-28-24-39(25-29-42)36-14-6-2-7-15-36;1-3-12-33(13-4-1)35-22-26-38(27-23-35)47-43-19-9-10-20-44(43)48(39-28-24-36(25-29-39)34-14-5-2-6-15-34)46-32-40(30-31-45(46)47)42-21-11-17-37-16-7-8-18-41(37)42;1-3-11-33(12-4-1)36-19-24-38(25-20-36)47-43-17-9-10-18-44(43)48(39-26-21-37(22-27-39)34-13-5-2-6-14-34)46-32-42(29-30-45(46)47)41-28-23-35-15-7-8-16-40(35)31-41/h1-34H;2*1-32H. The van der Waals surface area contributed by atoms with Crippen LogP contribution in [-0.4, -0.2) is 0 Å². The normalized spacial score (nSPS) is 11.3. The first kappa shape index (κ1) is 88.4. The van der Waals surface area contributed by atoms with E-state index < -0.39 is 0 Å². The van der Waals surface area contributed by atoms with Crippen molar-refractivity contribution in [3.8, 4) is 178 Å². The minimum absolute atomic E-state index is 1.21. The van der Waals surface area contributed by atoms with Gasteiger partial charge >= 0.3 is 0 Å². The Bertz CT molecular complexity index is 9430. The maximum absolute atomic E-state index is 2.42. The second-order valence-electron chi connectivity index (χ2n) is 37.9. The molecule has 27 aromatic rings. The predicted octanol–water partition coefficient (Wildman–Crippen LogP) is 41.0. The van der Waals surface area contributed by atoms with E-state index in [1.54, 1.807) is 0 Å². The lowest BCUT2D eigenvalue weighted by Gasteiger charge is -2.19. The zero-order valence-electron chi connectivity index (χ0n) is 80.6. The summed E-state index contributed by atoms with van der Waals surface area (Å²) in [6.45, 7) is 0. The molecule has 0 amide bonds. The van der Waals surface area contributed by atoms with E-state index >= 15 is 0 Å². The molecule has 682 valence electrons. The smallest absolute Gasteiger partial charge is 0.00261 e. The van der Waals surface area contributed by atoms with Crippen LogP contribution in [0.1, 0.15) is 0 Å². The molecule has 0 atom stereocenters. The Kier molecular flexibility index (Phi) is 24.0. The molecule has 0 aromatic heterocycles. The average Bonchev–Trinajstić information content (AvgIpc) is 0.731. The van der Waals surface area contributed by atoms with Crippen LogP contribution in [0.15, 0.2) is 595 Å². The fraction of sp³-hybridized carbons (Fsp3) is 0. The number of hydrogen-bond acceptors (Lipinski definition) is 0. The molecule has 0 heterocycles. The third kappa shape index (κ3) is 17.4. The number of hydrogen-bond donors (Lipinski definition) is 0. The highest BCUT2D eigenvalue weighted by molar-refractivity contribution is 6.26. The van der Waals surface area contributed by atoms with E-state index in [9.17, 15) is 0 Å². The fourth-order valence-electron chi connectivity index (χ4n) is 22.0. The summed E-state index contributed by atoms with van der Waals surface area (Å²) in [5.41, 5.74) is 39.4. The highest BCUT2D eigenvalue weighted by Gasteiger charge is 2.24. The molecule has 0 aliphatic carbocycles. The molecule has 0 bridgehead atoms. The van der Waals surface area contributed by atoms with E-state index in [-0.39, 0.29) is 0 Å². The summed E-state index contributed by atoms with van der Waals surface area (Å²) in [5.74, 6) is 0. The van der Waals surface area contributed by atoms with Gasteiger partial charge in [0.1, 0.15) is 0 Å². The Hall–Kier alpha value is -19.0. The van der Waals surface area contributed by atoms with Gasteiger partial charge in [-0.3, -0.25) is 0 Å². The molecule has 0 N–H and O–H groups in total. The Morgan fingerprint density at radius 1 is 0.0685 bits per heavy atom. The summed E-state index contributed by atoms with van der Waals surface area (Å²) in [6.07, 6.45) is 0. The van der Waals surface area contributed by atoms with Crippen LogP contribution in [-0.2, 0) is 0 Å². The zero-order valence-corrected chi connectivity index (χ0v) is 80.6. The average molecular weight is 1850 g/mol. The summed E-state index contributed by atoms with van der Waals surface area (Å²) in [6, 6.07) is 216. The Balaban J connectivity index is 0.000000114. The molecule has 146 heavy (non-hydrogen) atoms. The predicted molar refractivity (Wildman–Crippen MR) is 626 cm³/mol. The molecule has 0 fully saturated rings. The molecular weight excluding hydrogens is 1750 g/mol. The van der Waals surface area contributed by atoms with Crippen LogP contribution in [0.3, 0.4) is 0 Å². The van der Waals surface area contributed by atoms with Crippen molar-refractivity contribution in [3.05, 3.63) is 595 Å². The van der Waals surface area contributed by atoms with Gasteiger partial charge in [-0.15, -0.1) is 0 Å². The van der Waals surface area contributed by atoms with Crippen LogP contribution >= 0.6 is 0 Å². The van der Waals surface area contributed by atoms with Gasteiger partial charge in [0.2, 0.25) is 0 Å². The minimum atomic E-state index is 1.21. The lowest BCUT2D eigenvalue weighted by molar-refractivity contribution is 1.59. The first-order chi connectivity index (χ1) is 72.4. The van der Waals surface area contributed by atoms with Crippen LogP contribution in [0, 0.1) is 0 Å². The quantitative estimate of drug-likeness (QED) is 0.0846. The van der Waals surface area contributed by atoms with Crippen molar-refractivity contribution in [3.63, 3.8) is 0 Å². The summed E-state index contributed by atoms with van der Waals surface area (Å²) >= 11 is 0. The van der Waals surface area contributed by atoms with Gasteiger partial charge in [-0.25, -0.2) is 0 Å². The second-order valence-corrected chi connectivity index (χ2v) is 37.9. The van der Waals surface area contributed by atoms with Gasteiger partial charge in [0.15, 0.2) is 0 Å². The molecule has 0 nitrogen and oxygen atoms in total. The van der Waals surface area contributed by atoms with E-state index in [1.807, 2.05) is 0 Å². The minimum Gasteiger partial charge on any atom is -0.0622 e. The summed E-state index contributed by atoms with van der Waals surface area (Å²) in [4.78, 5) is 0. The molecule has 0 spiro atoms. The molecule has 0 saturated heterocycles. The number of benzene rings is 27. The molecule has 0 aliphatic rings. The third-order valence-corrected chi connectivity index (χ3v) is 29.3. The molecule has 0 heteroatoms. The highest BCUT2D eigenvalue weighted by Crippen LogP contribution is 2.51. The van der Waals surface area contributed by atoms with E-state index in [2.05, 4.69) is 595 Å². The van der Waals surface area contributed by atoms with Crippen LogP contribution in [0.2, 0.25) is 0 Å². The van der Waals surface area contributed by atoms with Crippen molar-refractivity contribution in [1.29, 1.82) is 0 Å². The van der Waals surface area contributed by atoms with E-state index in [0.717, 1.165) is 0 Å². The largest absolute Gasteiger partial charge is 0.0622 e. The molecule has 27 aromatic carbocycles. The first-order valence-electron chi connectivity index (χ1n) is 50.5. The Morgan fingerprint density at radius 3 is 0.514 bits per heavy atom. The lowest BCUT2D eigenvalue weighted by Crippen LogP contribution is -1.92. The maximum atomic E-state index is 2.42. The van der Waals surface area contributed by atoms with Crippen molar-refractivity contribution < 1.29 is 0 Å². The maximum Gasteiger partial charge on any atom is -0.00261 e. The molecule has 0 saturated carbocycles. The van der Waals surface area contributed by atoms with Crippen LogP contribution in [0.25, 0.3) is 264 Å². The molecular formula is C146H98. The first-order valence-corrected chi connectivity index (χ1v) is 50.5. The summed E-state index contributed by atoms with van der Waals surface area (Å²) in [7, 11) is 0. The van der Waals surface area contributed by atoms with Crippen LogP contribution < -0.4 is 0 Å². The van der Waals surface area contributed by atoms with Gasteiger partial charge in [0, 0.05) is 0 Å². The van der Waals surface area contributed by atoms with Gasteiger partial charge < -0.3 is 0 Å². The van der Waals surface area contributed by atoms with Crippen molar-refractivity contribution in [1.82, 2.24) is 0 Å². The summed E-state index contributed by atoms with van der Waals surface area (Å²) < 4.78 is 0. The van der Waals surface area contributed by atoms with Gasteiger partial charge in [-0.05, 0) is 288 Å². The van der Waals surface area contributed by atoms with Gasteiger partial charge in [-0.2, -0.15) is 0 Å². The van der Waals surface area contributed by atoms with Crippen molar-refractivity contribution in [2.45, 2.75) is 0 Å².